The van der Waals surface area contributed by atoms with Crippen molar-refractivity contribution >= 4 is 31.0 Å². The summed E-state index contributed by atoms with van der Waals surface area (Å²) in [7, 11) is 0.106. The third kappa shape index (κ3) is 4.52. The molecule has 0 aliphatic carbocycles. The summed E-state index contributed by atoms with van der Waals surface area (Å²) < 4.78 is 39.9. The van der Waals surface area contributed by atoms with Gasteiger partial charge >= 0.3 is 18.1 Å². The molecule has 0 spiro atoms. The van der Waals surface area contributed by atoms with E-state index in [2.05, 4.69) is 0 Å². The summed E-state index contributed by atoms with van der Waals surface area (Å²) in [5, 5.41) is 9.22. The minimum absolute atomic E-state index is 0.106. The lowest BCUT2D eigenvalue weighted by Gasteiger charge is -2.54. The van der Waals surface area contributed by atoms with Crippen molar-refractivity contribution in [2.75, 3.05) is 32.7 Å². The molecule has 11 heteroatoms. The quantitative estimate of drug-likeness (QED) is 0.675. The number of amides is 1. The van der Waals surface area contributed by atoms with Crippen molar-refractivity contribution in [3.05, 3.63) is 0 Å². The largest absolute Gasteiger partial charge is 0.480 e. The highest BCUT2D eigenvalue weighted by molar-refractivity contribution is 7.97. The molecule has 0 radical (unpaired) electrons. The van der Waals surface area contributed by atoms with Gasteiger partial charge in [0.05, 0.1) is 0 Å². The fraction of sp³-hybridized carbons (Fsp3) is 0.867. The summed E-state index contributed by atoms with van der Waals surface area (Å²) in [4.78, 5) is 27.6. The monoisotopic (exact) mass is 413 g/mol. The minimum Gasteiger partial charge on any atom is -0.480 e. The van der Waals surface area contributed by atoms with Crippen LogP contribution in [0.4, 0.5) is 13.2 Å². The fourth-order valence-electron chi connectivity index (χ4n) is 3.70. The van der Waals surface area contributed by atoms with E-state index in [4.69, 9.17) is 11.8 Å². The van der Waals surface area contributed by atoms with Gasteiger partial charge in [0.15, 0.2) is 0 Å². The van der Waals surface area contributed by atoms with Gasteiger partial charge in [-0.3, -0.25) is 24.3 Å². The molecule has 0 aromatic carbocycles. The molecular formula is C15H23F3N3O3PS. The number of piperidine rings is 2. The van der Waals surface area contributed by atoms with Crippen molar-refractivity contribution < 1.29 is 27.9 Å². The molecule has 0 bridgehead atoms. The minimum atomic E-state index is -5.16. The van der Waals surface area contributed by atoms with E-state index in [0.29, 0.717) is 31.1 Å². The molecule has 1 N–H and O–H groups in total. The predicted molar refractivity (Wildman–Crippen MR) is 93.3 cm³/mol. The van der Waals surface area contributed by atoms with Gasteiger partial charge in [-0.1, -0.05) is 24.6 Å². The number of likely N-dealkylation sites (tertiary alicyclic amines) is 2. The van der Waals surface area contributed by atoms with E-state index in [-0.39, 0.29) is 7.36 Å². The number of aliphatic carboxylic acids is 1. The van der Waals surface area contributed by atoms with E-state index in [0.717, 1.165) is 38.5 Å². The van der Waals surface area contributed by atoms with Gasteiger partial charge in [0.1, 0.15) is 6.54 Å². The summed E-state index contributed by atoms with van der Waals surface area (Å²) in [5.41, 5.74) is -1.55. The number of halogens is 3. The van der Waals surface area contributed by atoms with Crippen LogP contribution in [0.3, 0.4) is 0 Å². The maximum atomic E-state index is 13.3. The van der Waals surface area contributed by atoms with Crippen molar-refractivity contribution in [1.82, 2.24) is 14.7 Å². The molecule has 2 heterocycles. The molecule has 0 saturated carbocycles. The number of hydrogen-bond acceptors (Lipinski definition) is 5. The maximum absolute atomic E-state index is 13.3. The number of rotatable bonds is 6. The molecule has 6 nitrogen and oxygen atoms in total. The Kier molecular flexibility index (Phi) is 7.35. The van der Waals surface area contributed by atoms with E-state index < -0.39 is 30.1 Å². The Hall–Kier alpha value is -0.830. The van der Waals surface area contributed by atoms with Crippen LogP contribution in [0, 0.1) is 0 Å². The molecule has 2 fully saturated rings. The van der Waals surface area contributed by atoms with Crippen LogP contribution in [0.5, 0.6) is 0 Å². The van der Waals surface area contributed by atoms with E-state index in [1.807, 2.05) is 0 Å². The first kappa shape index (κ1) is 21.5. The Morgan fingerprint density at radius 2 is 1.38 bits per heavy atom. The third-order valence-electron chi connectivity index (χ3n) is 4.83. The van der Waals surface area contributed by atoms with E-state index in [9.17, 15) is 27.9 Å². The fourth-order valence-corrected chi connectivity index (χ4v) is 5.58. The van der Waals surface area contributed by atoms with Gasteiger partial charge in [0.25, 0.3) is 0 Å². The second kappa shape index (κ2) is 8.91. The third-order valence-corrected chi connectivity index (χ3v) is 6.61. The zero-order chi connectivity index (χ0) is 19.4. The predicted octanol–water partition coefficient (Wildman–Crippen LogP) is 2.45. The second-order valence-corrected chi connectivity index (χ2v) is 7.90. The van der Waals surface area contributed by atoms with E-state index >= 15 is 0 Å². The zero-order valence-electron chi connectivity index (χ0n) is 14.4. The van der Waals surface area contributed by atoms with Crippen LogP contribution in [0.25, 0.3) is 0 Å². The van der Waals surface area contributed by atoms with E-state index in [1.54, 1.807) is 9.80 Å². The van der Waals surface area contributed by atoms with Gasteiger partial charge < -0.3 is 5.11 Å². The van der Waals surface area contributed by atoms with Crippen LogP contribution in [-0.4, -0.2) is 76.1 Å². The Labute approximate surface area is 157 Å². The lowest BCUT2D eigenvalue weighted by molar-refractivity contribution is -0.207. The summed E-state index contributed by atoms with van der Waals surface area (Å²) in [6, 6.07) is 0. The number of hydrogen-bond donors (Lipinski definition) is 1. The molecule has 148 valence electrons. The number of nitrogens with zero attached hydrogens (tertiary/aromatic N) is 3. The summed E-state index contributed by atoms with van der Waals surface area (Å²) >= 11 is 5.25. The van der Waals surface area contributed by atoms with Crippen molar-refractivity contribution in [3.63, 3.8) is 0 Å². The Morgan fingerprint density at radius 1 is 0.962 bits per heavy atom. The van der Waals surface area contributed by atoms with Crippen LogP contribution >= 0.6 is 7.36 Å². The maximum Gasteiger partial charge on any atom is 0.471 e. The van der Waals surface area contributed by atoms with E-state index in [1.165, 1.54) is 0 Å². The molecule has 0 unspecified atom stereocenters. The molecule has 26 heavy (non-hydrogen) atoms. The van der Waals surface area contributed by atoms with Crippen molar-refractivity contribution in [2.24, 2.45) is 0 Å². The van der Waals surface area contributed by atoms with Gasteiger partial charge in [-0.15, -0.1) is 0 Å². The van der Waals surface area contributed by atoms with Crippen LogP contribution in [-0.2, 0) is 21.4 Å². The zero-order valence-corrected chi connectivity index (χ0v) is 16.1. The number of alkyl halides is 3. The first-order chi connectivity index (χ1) is 12.2. The van der Waals surface area contributed by atoms with Crippen LogP contribution < -0.4 is 0 Å². The summed E-state index contributed by atoms with van der Waals surface area (Å²) in [5.74, 6) is -3.63. The molecule has 0 aromatic rings. The molecule has 2 rings (SSSR count). The smallest absolute Gasteiger partial charge is 0.471 e. The Morgan fingerprint density at radius 3 is 1.69 bits per heavy atom. The lowest BCUT2D eigenvalue weighted by atomic mass is 10.1. The SMILES string of the molecule is O=C(O)CN(C(=O)C(F)(F)F)C(P=S)(N1CCCCC1)N1CCCCC1. The Bertz CT molecular complexity index is 520. The molecule has 1 amide bonds. The van der Waals surface area contributed by atoms with Crippen molar-refractivity contribution in [1.29, 1.82) is 0 Å². The van der Waals surface area contributed by atoms with Crippen LogP contribution in [0.2, 0.25) is 0 Å². The molecular weight excluding hydrogens is 390 g/mol. The highest BCUT2D eigenvalue weighted by Crippen LogP contribution is 2.41. The highest BCUT2D eigenvalue weighted by Gasteiger charge is 2.56. The molecule has 0 aromatic heterocycles. The summed E-state index contributed by atoms with van der Waals surface area (Å²) in [6.07, 6.45) is -0.140. The first-order valence-electron chi connectivity index (χ1n) is 8.68. The molecule has 2 aliphatic rings. The average molecular weight is 413 g/mol. The highest BCUT2D eigenvalue weighted by atomic mass is 32.4. The normalized spacial score (nSPS) is 20.9. The van der Waals surface area contributed by atoms with Crippen molar-refractivity contribution in [3.8, 4) is 0 Å². The van der Waals surface area contributed by atoms with Gasteiger partial charge in [0.2, 0.25) is 5.53 Å². The average Bonchev–Trinajstić information content (AvgIpc) is 2.62. The van der Waals surface area contributed by atoms with Gasteiger partial charge in [0, 0.05) is 33.5 Å². The molecule has 0 atom stereocenters. The molecule has 2 saturated heterocycles. The second-order valence-electron chi connectivity index (χ2n) is 6.57. The number of carboxylic acids is 1. The van der Waals surface area contributed by atoms with Crippen molar-refractivity contribution in [2.45, 2.75) is 50.2 Å². The number of carbonyl (C=O) groups excluding carboxylic acids is 1. The standard InChI is InChI=1S/C15H23F3N3O3PS/c16-14(17,18)13(24)21(11-12(22)23)15(25-26,19-7-3-1-4-8-19)20-9-5-2-6-10-20/h1-11H2,(H,22,23). The van der Waals surface area contributed by atoms with Crippen LogP contribution in [0.1, 0.15) is 38.5 Å². The van der Waals surface area contributed by atoms with Gasteiger partial charge in [-0.05, 0) is 25.7 Å². The number of carbonyl (C=O) groups is 2. The van der Waals surface area contributed by atoms with Crippen LogP contribution in [0.15, 0.2) is 0 Å². The topological polar surface area (TPSA) is 64.1 Å². The number of carboxylic acid groups (broad SMARTS) is 1. The first-order valence-corrected chi connectivity index (χ1v) is 10.6. The summed E-state index contributed by atoms with van der Waals surface area (Å²) in [6.45, 7) is 0.917. The lowest BCUT2D eigenvalue weighted by Crippen LogP contribution is -2.71. The Balaban J connectivity index is 2.53. The molecule has 2 aliphatic heterocycles. The van der Waals surface area contributed by atoms with Gasteiger partial charge in [-0.25, -0.2) is 0 Å². The van der Waals surface area contributed by atoms with Gasteiger partial charge in [-0.2, -0.15) is 13.2 Å².